The SMILES string of the molecule is C=C1c2cccc(CC3CCN(CCNC(=O)C4CCC(CC(=O)[C@@H]5NC6(CCCCC6)[C@@]6(C(=O)Nc7cc(Cl)ccc76)[C@H]5c5cccc(Cl)c5F)CC4)CC3)c2CN1C1CCC(=O)NC1=O. The van der Waals surface area contributed by atoms with Crippen LogP contribution in [0.15, 0.2) is 61.2 Å². The van der Waals surface area contributed by atoms with Crippen molar-refractivity contribution in [1.29, 1.82) is 0 Å². The van der Waals surface area contributed by atoms with Crippen LogP contribution in [0.25, 0.3) is 5.70 Å². The van der Waals surface area contributed by atoms with Gasteiger partial charge in [-0.05, 0) is 130 Å². The van der Waals surface area contributed by atoms with Crippen LogP contribution < -0.4 is 21.3 Å². The second-order valence-corrected chi connectivity index (χ2v) is 21.3. The van der Waals surface area contributed by atoms with Crippen molar-refractivity contribution in [3.8, 4) is 0 Å². The molecule has 4 atom stereocenters. The number of Topliss-reactive ketones (excluding diaryl/α,β-unsaturated/α-hetero) is 1. The molecule has 14 heteroatoms. The summed E-state index contributed by atoms with van der Waals surface area (Å²) in [4.78, 5) is 72.0. The molecule has 10 rings (SSSR count). The monoisotopic (exact) mass is 950 g/mol. The van der Waals surface area contributed by atoms with Crippen LogP contribution >= 0.6 is 23.2 Å². The number of imide groups is 1. The second kappa shape index (κ2) is 18.7. The highest BCUT2D eigenvalue weighted by Gasteiger charge is 2.72. The fraction of sp³-hybridized carbons (Fsp3) is 0.528. The van der Waals surface area contributed by atoms with Crippen molar-refractivity contribution >= 4 is 64.0 Å². The number of piperidine rings is 2. The average molecular weight is 952 g/mol. The van der Waals surface area contributed by atoms with E-state index in [0.717, 1.165) is 87.8 Å². The third-order valence-corrected chi connectivity index (χ3v) is 17.4. The Morgan fingerprint density at radius 3 is 2.40 bits per heavy atom. The molecule has 4 amide bonds. The van der Waals surface area contributed by atoms with Gasteiger partial charge in [0.15, 0.2) is 5.78 Å². The van der Waals surface area contributed by atoms with E-state index in [-0.39, 0.29) is 64.3 Å². The Kier molecular flexibility index (Phi) is 12.9. The summed E-state index contributed by atoms with van der Waals surface area (Å²) in [7, 11) is 0. The summed E-state index contributed by atoms with van der Waals surface area (Å²) in [5, 5.41) is 13.0. The summed E-state index contributed by atoms with van der Waals surface area (Å²) >= 11 is 12.9. The van der Waals surface area contributed by atoms with Gasteiger partial charge in [0.25, 0.3) is 0 Å². The number of hydrogen-bond donors (Lipinski definition) is 4. The molecule has 0 radical (unpaired) electrons. The fourth-order valence-electron chi connectivity index (χ4n) is 13.5. The Morgan fingerprint density at radius 1 is 0.881 bits per heavy atom. The molecule has 5 heterocycles. The van der Waals surface area contributed by atoms with E-state index < -0.39 is 28.7 Å². The summed E-state index contributed by atoms with van der Waals surface area (Å²) in [5.74, 6) is -1.58. The number of hydrogen-bond acceptors (Lipinski definition) is 8. The lowest BCUT2D eigenvalue weighted by Crippen LogP contribution is -2.60. The van der Waals surface area contributed by atoms with Gasteiger partial charge in [-0.15, -0.1) is 0 Å². The second-order valence-electron chi connectivity index (χ2n) is 20.5. The molecular weight excluding hydrogens is 891 g/mol. The van der Waals surface area contributed by atoms with Gasteiger partial charge in [0, 0.05) is 71.8 Å². The van der Waals surface area contributed by atoms with Crippen LogP contribution in [0, 0.1) is 23.6 Å². The average Bonchev–Trinajstić information content (AvgIpc) is 3.92. The Balaban J connectivity index is 0.723. The molecule has 3 aromatic carbocycles. The molecule has 2 saturated carbocycles. The number of fused-ring (bicyclic) bond motifs is 4. The van der Waals surface area contributed by atoms with Crippen molar-refractivity contribution in [3.63, 3.8) is 0 Å². The van der Waals surface area contributed by atoms with Crippen LogP contribution in [-0.2, 0) is 42.4 Å². The van der Waals surface area contributed by atoms with Crippen molar-refractivity contribution in [2.75, 3.05) is 31.5 Å². The van der Waals surface area contributed by atoms with Crippen molar-refractivity contribution in [3.05, 3.63) is 105 Å². The number of benzene rings is 3. The zero-order valence-corrected chi connectivity index (χ0v) is 39.6. The predicted octanol–water partition coefficient (Wildman–Crippen LogP) is 8.21. The van der Waals surface area contributed by atoms with Crippen molar-refractivity contribution < 1.29 is 28.4 Å². The first-order valence-electron chi connectivity index (χ1n) is 24.6. The topological polar surface area (TPSA) is 140 Å². The quantitative estimate of drug-likeness (QED) is 0.141. The Labute approximate surface area is 402 Å². The summed E-state index contributed by atoms with van der Waals surface area (Å²) in [6, 6.07) is 15.5. The summed E-state index contributed by atoms with van der Waals surface area (Å²) < 4.78 is 16.3. The number of halogens is 3. The number of rotatable bonds is 11. The van der Waals surface area contributed by atoms with Gasteiger partial charge in [-0.2, -0.15) is 0 Å². The highest BCUT2D eigenvalue weighted by atomic mass is 35.5. The van der Waals surface area contributed by atoms with Crippen molar-refractivity contribution in [2.24, 2.45) is 17.8 Å². The minimum absolute atomic E-state index is 0.0342. The molecule has 2 spiro atoms. The van der Waals surface area contributed by atoms with Crippen LogP contribution in [0.1, 0.15) is 124 Å². The first-order chi connectivity index (χ1) is 32.4. The molecule has 1 unspecified atom stereocenters. The van der Waals surface area contributed by atoms with Crippen LogP contribution in [0.5, 0.6) is 0 Å². The van der Waals surface area contributed by atoms with Gasteiger partial charge in [0.05, 0.1) is 11.1 Å². The molecule has 11 nitrogen and oxygen atoms in total. The van der Waals surface area contributed by atoms with Crippen LogP contribution in [0.2, 0.25) is 10.0 Å². The van der Waals surface area contributed by atoms with E-state index in [2.05, 4.69) is 55.8 Å². The molecule has 2 aliphatic carbocycles. The highest BCUT2D eigenvalue weighted by Crippen LogP contribution is 2.63. The number of amides is 4. The predicted molar refractivity (Wildman–Crippen MR) is 257 cm³/mol. The summed E-state index contributed by atoms with van der Waals surface area (Å²) in [6.07, 6.45) is 11.3. The summed E-state index contributed by atoms with van der Waals surface area (Å²) in [6.45, 7) is 8.30. The van der Waals surface area contributed by atoms with Crippen LogP contribution in [-0.4, -0.2) is 83.0 Å². The molecule has 4 N–H and O–H groups in total. The lowest BCUT2D eigenvalue weighted by atomic mass is 9.55. The number of likely N-dealkylation sites (tertiary alicyclic amines) is 1. The maximum Gasteiger partial charge on any atom is 0.249 e. The van der Waals surface area contributed by atoms with Crippen molar-refractivity contribution in [1.82, 2.24) is 25.8 Å². The first-order valence-corrected chi connectivity index (χ1v) is 25.4. The molecule has 3 saturated heterocycles. The van der Waals surface area contributed by atoms with E-state index in [0.29, 0.717) is 68.2 Å². The Hall–Kier alpha value is -4.62. The molecule has 7 aliphatic rings. The number of carbonyl (C=O) groups is 5. The van der Waals surface area contributed by atoms with E-state index in [1.54, 1.807) is 24.3 Å². The molecular formula is C53H61Cl2FN6O5. The molecule has 0 aromatic heterocycles. The molecule has 3 aromatic rings. The number of carbonyl (C=O) groups excluding carboxylic acids is 5. The van der Waals surface area contributed by atoms with E-state index in [1.165, 1.54) is 17.2 Å². The summed E-state index contributed by atoms with van der Waals surface area (Å²) in [5.41, 5.74) is 4.08. The fourth-order valence-corrected chi connectivity index (χ4v) is 13.8. The van der Waals surface area contributed by atoms with E-state index in [4.69, 9.17) is 23.2 Å². The number of anilines is 1. The number of nitrogens with zero attached hydrogens (tertiary/aromatic N) is 2. The lowest BCUT2D eigenvalue weighted by Gasteiger charge is -2.47. The van der Waals surface area contributed by atoms with E-state index >= 15 is 4.39 Å². The maximum atomic E-state index is 16.3. The highest BCUT2D eigenvalue weighted by molar-refractivity contribution is 6.31. The van der Waals surface area contributed by atoms with Crippen molar-refractivity contribution in [2.45, 2.75) is 132 Å². The van der Waals surface area contributed by atoms with Gasteiger partial charge in [-0.3, -0.25) is 34.6 Å². The smallest absolute Gasteiger partial charge is 0.249 e. The van der Waals surface area contributed by atoms with Crippen LogP contribution in [0.3, 0.4) is 0 Å². The first kappa shape index (κ1) is 46.1. The normalized spacial score (nSPS) is 28.4. The lowest BCUT2D eigenvalue weighted by molar-refractivity contribution is -0.136. The van der Waals surface area contributed by atoms with E-state index in [1.807, 2.05) is 6.07 Å². The Bertz CT molecular complexity index is 2500. The largest absolute Gasteiger partial charge is 0.355 e. The standard InChI is InChI=1S/C53H61Cl2FN6O5/c1-31-37-8-5-7-35(39(37)30-62(31)43-17-18-45(64)59-50(43)66)27-33-19-24-61(25-20-33)26-23-57-49(65)34-13-11-32(12-14-34)28-44(63)48-46(38-9-6-10-41(55)47(38)56)53(52(60-48)21-3-2-4-22-52)40-16-15-36(54)29-42(40)58-51(53)67/h5-10,15-16,29,32-34,43,46,48,60H,1-4,11-14,17-28,30H2,(H,57,65)(H,58,67)(H,59,64,66)/t32?,34?,43?,46-,48-,53+/m0/s1. The maximum absolute atomic E-state index is 16.3. The third-order valence-electron chi connectivity index (χ3n) is 16.9. The third kappa shape index (κ3) is 8.31. The number of ketones is 1. The number of nitrogens with one attached hydrogen (secondary N) is 4. The van der Waals surface area contributed by atoms with Crippen LogP contribution in [0.4, 0.5) is 10.1 Å². The van der Waals surface area contributed by atoms with Gasteiger partial charge in [-0.1, -0.05) is 85.4 Å². The zero-order chi connectivity index (χ0) is 46.6. The molecule has 5 aliphatic heterocycles. The van der Waals surface area contributed by atoms with Gasteiger partial charge < -0.3 is 20.4 Å². The zero-order valence-electron chi connectivity index (χ0n) is 38.1. The van der Waals surface area contributed by atoms with Gasteiger partial charge in [0.2, 0.25) is 23.6 Å². The Morgan fingerprint density at radius 2 is 1.64 bits per heavy atom. The molecule has 354 valence electrons. The molecule has 67 heavy (non-hydrogen) atoms. The molecule has 0 bridgehead atoms. The molecule has 5 fully saturated rings. The van der Waals surface area contributed by atoms with Gasteiger partial charge in [-0.25, -0.2) is 4.39 Å². The van der Waals surface area contributed by atoms with Gasteiger partial charge >= 0.3 is 0 Å². The minimum Gasteiger partial charge on any atom is -0.355 e. The van der Waals surface area contributed by atoms with Gasteiger partial charge in [0.1, 0.15) is 17.3 Å². The van der Waals surface area contributed by atoms with E-state index in [9.17, 15) is 24.0 Å². The minimum atomic E-state index is -1.26.